The van der Waals surface area contributed by atoms with Crippen molar-refractivity contribution in [3.63, 3.8) is 0 Å². The van der Waals surface area contributed by atoms with Crippen molar-refractivity contribution in [1.82, 2.24) is 4.90 Å². The first-order chi connectivity index (χ1) is 10.1. The fraction of sp³-hybridized carbons (Fsp3) is 0.278. The third-order valence-electron chi connectivity index (χ3n) is 4.13. The SMILES string of the molecule is Cc1ccc(C(=O)N2CCC(c3ccccc3)C2)c(O)c1. The van der Waals surface area contributed by atoms with Crippen LogP contribution in [0.4, 0.5) is 0 Å². The van der Waals surface area contributed by atoms with E-state index in [-0.39, 0.29) is 11.7 Å². The molecule has 0 aliphatic carbocycles. The maximum Gasteiger partial charge on any atom is 0.257 e. The standard InChI is InChI=1S/C18H19NO2/c1-13-7-8-16(17(20)11-13)18(21)19-10-9-15(12-19)14-5-3-2-4-6-14/h2-8,11,15,20H,9-10,12H2,1H3. The molecule has 1 atom stereocenters. The maximum atomic E-state index is 12.5. The highest BCUT2D eigenvalue weighted by Gasteiger charge is 2.28. The van der Waals surface area contributed by atoms with Gasteiger partial charge in [-0.05, 0) is 36.6 Å². The molecule has 3 heteroatoms. The topological polar surface area (TPSA) is 40.5 Å². The number of carbonyl (C=O) groups is 1. The number of benzene rings is 2. The molecular formula is C18H19NO2. The second kappa shape index (κ2) is 5.60. The number of amides is 1. The van der Waals surface area contributed by atoms with Gasteiger partial charge in [0.1, 0.15) is 5.75 Å². The van der Waals surface area contributed by atoms with Crippen LogP contribution in [0, 0.1) is 6.92 Å². The van der Waals surface area contributed by atoms with E-state index in [9.17, 15) is 9.90 Å². The highest BCUT2D eigenvalue weighted by molar-refractivity contribution is 5.97. The number of likely N-dealkylation sites (tertiary alicyclic amines) is 1. The third-order valence-corrected chi connectivity index (χ3v) is 4.13. The molecule has 1 N–H and O–H groups in total. The molecule has 1 unspecified atom stereocenters. The van der Waals surface area contributed by atoms with Crippen LogP contribution in [-0.2, 0) is 0 Å². The Morgan fingerprint density at radius 1 is 1.19 bits per heavy atom. The third kappa shape index (κ3) is 2.77. The van der Waals surface area contributed by atoms with Gasteiger partial charge < -0.3 is 10.0 Å². The number of rotatable bonds is 2. The minimum absolute atomic E-state index is 0.0724. The predicted molar refractivity (Wildman–Crippen MR) is 82.5 cm³/mol. The molecule has 21 heavy (non-hydrogen) atoms. The minimum atomic E-state index is -0.0778. The summed E-state index contributed by atoms with van der Waals surface area (Å²) in [6.45, 7) is 3.36. The quantitative estimate of drug-likeness (QED) is 0.917. The molecule has 1 saturated heterocycles. The predicted octanol–water partition coefficient (Wildman–Crippen LogP) is 3.33. The van der Waals surface area contributed by atoms with Gasteiger partial charge in [-0.25, -0.2) is 0 Å². The zero-order chi connectivity index (χ0) is 14.8. The fourth-order valence-corrected chi connectivity index (χ4v) is 2.93. The van der Waals surface area contributed by atoms with Crippen LogP contribution in [0.3, 0.4) is 0 Å². The van der Waals surface area contributed by atoms with Gasteiger partial charge in [0.05, 0.1) is 5.56 Å². The van der Waals surface area contributed by atoms with Crippen molar-refractivity contribution in [1.29, 1.82) is 0 Å². The first-order valence-electron chi connectivity index (χ1n) is 7.29. The number of aromatic hydroxyl groups is 1. The monoisotopic (exact) mass is 281 g/mol. The van der Waals surface area contributed by atoms with E-state index in [1.807, 2.05) is 36.1 Å². The molecule has 0 saturated carbocycles. The van der Waals surface area contributed by atoms with Gasteiger partial charge >= 0.3 is 0 Å². The second-order valence-electron chi connectivity index (χ2n) is 5.67. The maximum absolute atomic E-state index is 12.5. The van der Waals surface area contributed by atoms with Crippen LogP contribution in [0.15, 0.2) is 48.5 Å². The minimum Gasteiger partial charge on any atom is -0.507 e. The number of aryl methyl sites for hydroxylation is 1. The van der Waals surface area contributed by atoms with Crippen molar-refractivity contribution in [3.05, 3.63) is 65.2 Å². The van der Waals surface area contributed by atoms with Crippen molar-refractivity contribution in [2.75, 3.05) is 13.1 Å². The van der Waals surface area contributed by atoms with Crippen LogP contribution in [0.1, 0.15) is 33.8 Å². The van der Waals surface area contributed by atoms with Crippen LogP contribution in [-0.4, -0.2) is 29.0 Å². The highest BCUT2D eigenvalue weighted by atomic mass is 16.3. The van der Waals surface area contributed by atoms with Crippen molar-refractivity contribution in [3.8, 4) is 5.75 Å². The molecule has 2 aromatic carbocycles. The van der Waals surface area contributed by atoms with Gasteiger partial charge in [-0.2, -0.15) is 0 Å². The van der Waals surface area contributed by atoms with Gasteiger partial charge in [-0.3, -0.25) is 4.79 Å². The number of phenols is 1. The van der Waals surface area contributed by atoms with E-state index < -0.39 is 0 Å². The zero-order valence-corrected chi connectivity index (χ0v) is 12.1. The van der Waals surface area contributed by atoms with Gasteiger partial charge in [0.15, 0.2) is 0 Å². The van der Waals surface area contributed by atoms with Crippen LogP contribution in [0.25, 0.3) is 0 Å². The summed E-state index contributed by atoms with van der Waals surface area (Å²) >= 11 is 0. The lowest BCUT2D eigenvalue weighted by atomic mass is 9.99. The molecule has 1 heterocycles. The van der Waals surface area contributed by atoms with Gasteiger partial charge in [0, 0.05) is 19.0 Å². The summed E-state index contributed by atoms with van der Waals surface area (Å²) in [6, 6.07) is 15.5. The molecule has 1 aliphatic heterocycles. The molecule has 3 rings (SSSR count). The molecule has 1 fully saturated rings. The number of phenolic OH excluding ortho intramolecular Hbond substituents is 1. The summed E-state index contributed by atoms with van der Waals surface area (Å²) in [5.74, 6) is 0.386. The van der Waals surface area contributed by atoms with E-state index in [1.165, 1.54) is 5.56 Å². The second-order valence-corrected chi connectivity index (χ2v) is 5.67. The summed E-state index contributed by atoms with van der Waals surface area (Å²) in [5, 5.41) is 9.96. The molecular weight excluding hydrogens is 262 g/mol. The average molecular weight is 281 g/mol. The number of hydrogen-bond acceptors (Lipinski definition) is 2. The van der Waals surface area contributed by atoms with Crippen LogP contribution in [0.5, 0.6) is 5.75 Å². The van der Waals surface area contributed by atoms with Crippen molar-refractivity contribution < 1.29 is 9.90 Å². The lowest BCUT2D eigenvalue weighted by Crippen LogP contribution is -2.28. The molecule has 3 nitrogen and oxygen atoms in total. The lowest BCUT2D eigenvalue weighted by molar-refractivity contribution is 0.0788. The molecule has 1 amide bonds. The summed E-state index contributed by atoms with van der Waals surface area (Å²) < 4.78 is 0. The first-order valence-corrected chi connectivity index (χ1v) is 7.29. The Bertz CT molecular complexity index is 652. The fourth-order valence-electron chi connectivity index (χ4n) is 2.93. The number of nitrogens with zero attached hydrogens (tertiary/aromatic N) is 1. The molecule has 0 spiro atoms. The van der Waals surface area contributed by atoms with Gasteiger partial charge in [0.2, 0.25) is 0 Å². The van der Waals surface area contributed by atoms with E-state index in [0.29, 0.717) is 11.5 Å². The van der Waals surface area contributed by atoms with E-state index >= 15 is 0 Å². The largest absolute Gasteiger partial charge is 0.507 e. The average Bonchev–Trinajstić information content (AvgIpc) is 2.97. The van der Waals surface area contributed by atoms with Crippen LogP contribution >= 0.6 is 0 Å². The Labute approximate surface area is 124 Å². The summed E-state index contributed by atoms with van der Waals surface area (Å²) in [4.78, 5) is 14.4. The van der Waals surface area contributed by atoms with Crippen molar-refractivity contribution >= 4 is 5.91 Å². The zero-order valence-electron chi connectivity index (χ0n) is 12.1. The van der Waals surface area contributed by atoms with E-state index in [1.54, 1.807) is 12.1 Å². The van der Waals surface area contributed by atoms with E-state index in [4.69, 9.17) is 0 Å². The molecule has 0 bridgehead atoms. The summed E-state index contributed by atoms with van der Waals surface area (Å²) in [6.07, 6.45) is 0.975. The Morgan fingerprint density at radius 3 is 2.67 bits per heavy atom. The van der Waals surface area contributed by atoms with Crippen LogP contribution in [0.2, 0.25) is 0 Å². The normalized spacial score (nSPS) is 18.0. The Balaban J connectivity index is 1.75. The van der Waals surface area contributed by atoms with Gasteiger partial charge in [-0.1, -0.05) is 36.4 Å². The highest BCUT2D eigenvalue weighted by Crippen LogP contribution is 2.29. The lowest BCUT2D eigenvalue weighted by Gasteiger charge is -2.17. The molecule has 108 valence electrons. The molecule has 2 aromatic rings. The Morgan fingerprint density at radius 2 is 1.95 bits per heavy atom. The number of carbonyl (C=O) groups excluding carboxylic acids is 1. The summed E-state index contributed by atoms with van der Waals surface area (Å²) in [7, 11) is 0. The first kappa shape index (κ1) is 13.7. The molecule has 0 radical (unpaired) electrons. The Kier molecular flexibility index (Phi) is 3.65. The van der Waals surface area contributed by atoms with Crippen molar-refractivity contribution in [2.45, 2.75) is 19.3 Å². The number of hydrogen-bond donors (Lipinski definition) is 1. The molecule has 0 aromatic heterocycles. The molecule has 1 aliphatic rings. The van der Waals surface area contributed by atoms with E-state index in [2.05, 4.69) is 12.1 Å². The van der Waals surface area contributed by atoms with Gasteiger partial charge in [-0.15, -0.1) is 0 Å². The van der Waals surface area contributed by atoms with Crippen molar-refractivity contribution in [2.24, 2.45) is 0 Å². The van der Waals surface area contributed by atoms with Gasteiger partial charge in [0.25, 0.3) is 5.91 Å². The smallest absolute Gasteiger partial charge is 0.257 e. The van der Waals surface area contributed by atoms with Crippen LogP contribution < -0.4 is 0 Å². The Hall–Kier alpha value is -2.29. The van der Waals surface area contributed by atoms with E-state index in [0.717, 1.165) is 25.1 Å². The summed E-state index contributed by atoms with van der Waals surface area (Å²) in [5.41, 5.74) is 2.63.